The number of hydrogen-bond donors (Lipinski definition) is 0. The Morgan fingerprint density at radius 3 is 2.53 bits per heavy atom. The molecule has 0 aliphatic carbocycles. The van der Waals surface area contributed by atoms with Gasteiger partial charge in [0.1, 0.15) is 5.56 Å². The third kappa shape index (κ3) is 4.67. The summed E-state index contributed by atoms with van der Waals surface area (Å²) in [6.45, 7) is 4.96. The lowest BCUT2D eigenvalue weighted by Crippen LogP contribution is -2.40. The van der Waals surface area contributed by atoms with Crippen molar-refractivity contribution < 1.29 is 9.53 Å². The Morgan fingerprint density at radius 1 is 1.07 bits per heavy atom. The van der Waals surface area contributed by atoms with Crippen LogP contribution in [0, 0.1) is 6.92 Å². The van der Waals surface area contributed by atoms with Crippen LogP contribution >= 0.6 is 0 Å². The lowest BCUT2D eigenvalue weighted by Gasteiger charge is -2.29. The van der Waals surface area contributed by atoms with E-state index in [2.05, 4.69) is 16.7 Å². The van der Waals surface area contributed by atoms with Gasteiger partial charge in [-0.05, 0) is 57.4 Å². The fourth-order valence-corrected chi connectivity index (χ4v) is 4.73. The Morgan fingerprint density at radius 2 is 1.83 bits per heavy atom. The van der Waals surface area contributed by atoms with E-state index in [9.17, 15) is 9.59 Å². The molecule has 2 fully saturated rings. The standard InChI is InChI=1S/C25H32N2O3/c1-19-17-23(28)24(25(29)26-14-6-3-7-15-26)22(13-12-20-9-4-2-5-10-20)27(19)18-21-11-8-16-30-21/h2,4-5,9-10,17,21H,3,6-8,11-16,18H2,1H3/t21-/m1/s1. The number of aryl methyl sites for hydroxylation is 2. The maximum Gasteiger partial charge on any atom is 0.259 e. The summed E-state index contributed by atoms with van der Waals surface area (Å²) < 4.78 is 8.06. The first-order valence-corrected chi connectivity index (χ1v) is 11.3. The molecule has 2 aliphatic heterocycles. The maximum atomic E-state index is 13.4. The van der Waals surface area contributed by atoms with Gasteiger partial charge < -0.3 is 14.2 Å². The highest BCUT2D eigenvalue weighted by molar-refractivity contribution is 5.95. The Hall–Kier alpha value is -2.40. The van der Waals surface area contributed by atoms with Gasteiger partial charge in [0.2, 0.25) is 0 Å². The van der Waals surface area contributed by atoms with Crippen molar-refractivity contribution >= 4 is 5.91 Å². The number of amides is 1. The van der Waals surface area contributed by atoms with Crippen molar-refractivity contribution in [1.29, 1.82) is 0 Å². The molecule has 0 bridgehead atoms. The first-order valence-electron chi connectivity index (χ1n) is 11.3. The zero-order chi connectivity index (χ0) is 20.9. The molecule has 2 aromatic rings. The highest BCUT2D eigenvalue weighted by atomic mass is 16.5. The summed E-state index contributed by atoms with van der Waals surface area (Å²) in [4.78, 5) is 28.4. The van der Waals surface area contributed by atoms with Crippen LogP contribution in [0.3, 0.4) is 0 Å². The van der Waals surface area contributed by atoms with Crippen molar-refractivity contribution in [3.63, 3.8) is 0 Å². The van der Waals surface area contributed by atoms with E-state index in [1.807, 2.05) is 30.0 Å². The van der Waals surface area contributed by atoms with Gasteiger partial charge in [0.25, 0.3) is 5.91 Å². The van der Waals surface area contributed by atoms with E-state index >= 15 is 0 Å². The smallest absolute Gasteiger partial charge is 0.259 e. The van der Waals surface area contributed by atoms with Crippen LogP contribution < -0.4 is 5.43 Å². The first-order chi connectivity index (χ1) is 14.6. The molecule has 0 radical (unpaired) electrons. The molecule has 0 saturated carbocycles. The van der Waals surface area contributed by atoms with E-state index in [1.54, 1.807) is 6.07 Å². The van der Waals surface area contributed by atoms with Crippen molar-refractivity contribution in [2.24, 2.45) is 0 Å². The predicted molar refractivity (Wildman–Crippen MR) is 118 cm³/mol. The second-order valence-corrected chi connectivity index (χ2v) is 8.56. The Bertz CT molecular complexity index is 923. The molecule has 30 heavy (non-hydrogen) atoms. The van der Waals surface area contributed by atoms with Gasteiger partial charge in [0.05, 0.1) is 6.10 Å². The molecular formula is C25H32N2O3. The van der Waals surface area contributed by atoms with E-state index in [0.717, 1.165) is 69.6 Å². The third-order valence-electron chi connectivity index (χ3n) is 6.39. The van der Waals surface area contributed by atoms with Gasteiger partial charge in [-0.3, -0.25) is 9.59 Å². The zero-order valence-corrected chi connectivity index (χ0v) is 17.9. The largest absolute Gasteiger partial charge is 0.376 e. The van der Waals surface area contributed by atoms with Crippen LogP contribution in [0.25, 0.3) is 0 Å². The summed E-state index contributed by atoms with van der Waals surface area (Å²) in [6.07, 6.45) is 6.91. The molecule has 1 atom stereocenters. The number of likely N-dealkylation sites (tertiary alicyclic amines) is 1. The van der Waals surface area contributed by atoms with Crippen LogP contribution in [-0.4, -0.2) is 41.2 Å². The molecule has 160 valence electrons. The minimum Gasteiger partial charge on any atom is -0.376 e. The topological polar surface area (TPSA) is 51.5 Å². The first kappa shape index (κ1) is 20.9. The van der Waals surface area contributed by atoms with Gasteiger partial charge in [-0.15, -0.1) is 0 Å². The molecule has 0 spiro atoms. The van der Waals surface area contributed by atoms with Crippen LogP contribution in [-0.2, 0) is 24.1 Å². The number of carbonyl (C=O) groups excluding carboxylic acids is 1. The normalized spacial score (nSPS) is 19.2. The molecule has 4 rings (SSSR count). The van der Waals surface area contributed by atoms with Crippen LogP contribution in [0.15, 0.2) is 41.2 Å². The quantitative estimate of drug-likeness (QED) is 0.732. The average molecular weight is 409 g/mol. The number of ether oxygens (including phenoxy) is 1. The molecule has 3 heterocycles. The molecule has 2 saturated heterocycles. The molecule has 0 N–H and O–H groups in total. The van der Waals surface area contributed by atoms with E-state index in [4.69, 9.17) is 4.74 Å². The number of pyridine rings is 1. The Labute approximate surface area is 178 Å². The highest BCUT2D eigenvalue weighted by Crippen LogP contribution is 2.21. The second kappa shape index (κ2) is 9.61. The number of carbonyl (C=O) groups is 1. The molecular weight excluding hydrogens is 376 g/mol. The number of hydrogen-bond acceptors (Lipinski definition) is 3. The fraction of sp³-hybridized carbons (Fsp3) is 0.520. The molecule has 5 nitrogen and oxygen atoms in total. The van der Waals surface area contributed by atoms with Crippen molar-refractivity contribution in [2.75, 3.05) is 19.7 Å². The summed E-state index contributed by atoms with van der Waals surface area (Å²) in [5.41, 5.74) is 3.22. The lowest BCUT2D eigenvalue weighted by molar-refractivity contribution is 0.0717. The van der Waals surface area contributed by atoms with E-state index < -0.39 is 0 Å². The van der Waals surface area contributed by atoms with Crippen LogP contribution in [0.1, 0.15) is 59.4 Å². The third-order valence-corrected chi connectivity index (χ3v) is 6.39. The Kier molecular flexibility index (Phi) is 6.68. The van der Waals surface area contributed by atoms with Gasteiger partial charge in [-0.25, -0.2) is 0 Å². The fourth-order valence-electron chi connectivity index (χ4n) is 4.73. The van der Waals surface area contributed by atoms with E-state index in [1.165, 1.54) is 5.56 Å². The summed E-state index contributed by atoms with van der Waals surface area (Å²) in [5, 5.41) is 0. The minimum atomic E-state index is -0.144. The van der Waals surface area contributed by atoms with Gasteiger partial charge in [-0.1, -0.05) is 30.3 Å². The van der Waals surface area contributed by atoms with Crippen LogP contribution in [0.5, 0.6) is 0 Å². The van der Waals surface area contributed by atoms with Gasteiger partial charge in [0, 0.05) is 43.7 Å². The number of aromatic nitrogens is 1. The second-order valence-electron chi connectivity index (χ2n) is 8.56. The molecule has 1 amide bonds. The summed E-state index contributed by atoms with van der Waals surface area (Å²) in [6, 6.07) is 11.9. The Balaban J connectivity index is 1.72. The van der Waals surface area contributed by atoms with Crippen molar-refractivity contribution in [3.8, 4) is 0 Å². The van der Waals surface area contributed by atoms with Gasteiger partial charge >= 0.3 is 0 Å². The highest BCUT2D eigenvalue weighted by Gasteiger charge is 2.27. The maximum absolute atomic E-state index is 13.4. The zero-order valence-electron chi connectivity index (χ0n) is 17.9. The molecule has 5 heteroatoms. The summed E-state index contributed by atoms with van der Waals surface area (Å²) in [7, 11) is 0. The van der Waals surface area contributed by atoms with Gasteiger partial charge in [0.15, 0.2) is 5.43 Å². The van der Waals surface area contributed by atoms with Crippen LogP contribution in [0.2, 0.25) is 0 Å². The van der Waals surface area contributed by atoms with Crippen LogP contribution in [0.4, 0.5) is 0 Å². The number of nitrogens with zero attached hydrogens (tertiary/aromatic N) is 2. The molecule has 2 aliphatic rings. The van der Waals surface area contributed by atoms with Gasteiger partial charge in [-0.2, -0.15) is 0 Å². The molecule has 1 aromatic carbocycles. The summed E-state index contributed by atoms with van der Waals surface area (Å²) in [5.74, 6) is -0.0937. The number of piperidine rings is 1. The molecule has 0 unspecified atom stereocenters. The van der Waals surface area contributed by atoms with Crippen molar-refractivity contribution in [1.82, 2.24) is 9.47 Å². The number of benzene rings is 1. The monoisotopic (exact) mass is 408 g/mol. The number of rotatable bonds is 6. The van der Waals surface area contributed by atoms with Crippen molar-refractivity contribution in [3.05, 3.63) is 69.1 Å². The summed E-state index contributed by atoms with van der Waals surface area (Å²) >= 11 is 0. The predicted octanol–water partition coefficient (Wildman–Crippen LogP) is 3.75. The SMILES string of the molecule is Cc1cc(=O)c(C(=O)N2CCCCC2)c(CCc2ccccc2)n1C[C@H]1CCCO1. The molecule has 1 aromatic heterocycles. The van der Waals surface area contributed by atoms with E-state index in [-0.39, 0.29) is 17.4 Å². The lowest BCUT2D eigenvalue weighted by atomic mass is 10.0. The van der Waals surface area contributed by atoms with Crippen molar-refractivity contribution in [2.45, 2.75) is 64.5 Å². The average Bonchev–Trinajstić information content (AvgIpc) is 3.28. The minimum absolute atomic E-state index is 0.0937. The van der Waals surface area contributed by atoms with E-state index in [0.29, 0.717) is 18.5 Å².